The largest absolute Gasteiger partial charge is 0.491 e. The number of esters is 2. The minimum Gasteiger partial charge on any atom is -0.491 e. The summed E-state index contributed by atoms with van der Waals surface area (Å²) in [4.78, 5) is 24.8. The van der Waals surface area contributed by atoms with Gasteiger partial charge in [-0.3, -0.25) is 0 Å². The van der Waals surface area contributed by atoms with Crippen LogP contribution in [0, 0.1) is 5.82 Å². The molecule has 216 valence electrons. The van der Waals surface area contributed by atoms with Crippen LogP contribution in [0.15, 0.2) is 42.5 Å². The molecule has 0 N–H and O–H groups in total. The molecule has 0 aliphatic carbocycles. The number of carbonyl (C=O) groups excluding carboxylic acids is 2. The summed E-state index contributed by atoms with van der Waals surface area (Å²) in [7, 11) is 0. The third kappa shape index (κ3) is 13.1. The van der Waals surface area contributed by atoms with Crippen molar-refractivity contribution in [1.29, 1.82) is 0 Å². The molecule has 7 heteroatoms. The maximum Gasteiger partial charge on any atom is 0.343 e. The molecule has 0 saturated carbocycles. The number of carbonyl (C=O) groups is 2. The number of hydrogen-bond acceptors (Lipinski definition) is 6. The number of halogens is 1. The maximum atomic E-state index is 14.4. The van der Waals surface area contributed by atoms with E-state index in [-0.39, 0.29) is 17.1 Å². The number of ether oxygens (including phenoxy) is 4. The van der Waals surface area contributed by atoms with Gasteiger partial charge in [-0.15, -0.1) is 0 Å². The van der Waals surface area contributed by atoms with Gasteiger partial charge in [0.1, 0.15) is 11.5 Å². The van der Waals surface area contributed by atoms with Crippen LogP contribution in [0.1, 0.15) is 108 Å². The van der Waals surface area contributed by atoms with Crippen molar-refractivity contribution < 1.29 is 32.9 Å². The van der Waals surface area contributed by atoms with E-state index in [0.29, 0.717) is 19.0 Å². The van der Waals surface area contributed by atoms with E-state index in [2.05, 4.69) is 13.8 Å². The average molecular weight is 545 g/mol. The van der Waals surface area contributed by atoms with Gasteiger partial charge in [0.25, 0.3) is 0 Å². The molecule has 0 heterocycles. The SMILES string of the molecule is CCCCCCCCOc1ccc(C(=O)Oc2ccc(OC(=O)[C@H](C)OCCCCCCCC)cc2)cc1F. The number of rotatable bonds is 20. The Morgan fingerprint density at radius 2 is 1.26 bits per heavy atom. The van der Waals surface area contributed by atoms with Gasteiger partial charge in [-0.05, 0) is 62.2 Å². The van der Waals surface area contributed by atoms with Gasteiger partial charge in [-0.1, -0.05) is 78.1 Å². The lowest BCUT2D eigenvalue weighted by Gasteiger charge is -2.13. The van der Waals surface area contributed by atoms with E-state index in [9.17, 15) is 14.0 Å². The van der Waals surface area contributed by atoms with Crippen molar-refractivity contribution >= 4 is 11.9 Å². The summed E-state index contributed by atoms with van der Waals surface area (Å²) in [6.45, 7) is 6.99. The van der Waals surface area contributed by atoms with Gasteiger partial charge in [-0.25, -0.2) is 14.0 Å². The second-order valence-electron chi connectivity index (χ2n) is 9.82. The van der Waals surface area contributed by atoms with E-state index in [4.69, 9.17) is 18.9 Å². The summed E-state index contributed by atoms with van der Waals surface area (Å²) >= 11 is 0. The monoisotopic (exact) mass is 544 g/mol. The summed E-state index contributed by atoms with van der Waals surface area (Å²) in [6, 6.07) is 10.1. The highest BCUT2D eigenvalue weighted by atomic mass is 19.1. The van der Waals surface area contributed by atoms with Crippen LogP contribution in [0.3, 0.4) is 0 Å². The Balaban J connectivity index is 1.73. The highest BCUT2D eigenvalue weighted by Gasteiger charge is 2.17. The van der Waals surface area contributed by atoms with Gasteiger partial charge in [0.05, 0.1) is 12.2 Å². The quantitative estimate of drug-likeness (QED) is 0.0946. The topological polar surface area (TPSA) is 71.1 Å². The molecule has 0 aromatic heterocycles. The van der Waals surface area contributed by atoms with E-state index in [0.717, 1.165) is 38.2 Å². The van der Waals surface area contributed by atoms with Crippen molar-refractivity contribution in [2.45, 2.75) is 104 Å². The molecule has 0 fully saturated rings. The van der Waals surface area contributed by atoms with Crippen LogP contribution in [0.25, 0.3) is 0 Å². The maximum absolute atomic E-state index is 14.4. The molecule has 1 atom stereocenters. The van der Waals surface area contributed by atoms with Crippen LogP contribution in [0.5, 0.6) is 17.2 Å². The van der Waals surface area contributed by atoms with Gasteiger partial charge >= 0.3 is 11.9 Å². The molecular weight excluding hydrogens is 499 g/mol. The van der Waals surface area contributed by atoms with E-state index in [1.807, 2.05) is 0 Å². The first-order valence-electron chi connectivity index (χ1n) is 14.5. The second-order valence-corrected chi connectivity index (χ2v) is 9.82. The molecule has 0 bridgehead atoms. The van der Waals surface area contributed by atoms with Crippen LogP contribution in [-0.2, 0) is 9.53 Å². The predicted molar refractivity (Wildman–Crippen MR) is 151 cm³/mol. The molecule has 0 aliphatic rings. The fraction of sp³-hybridized carbons (Fsp3) is 0.562. The predicted octanol–water partition coefficient (Wildman–Crippen LogP) is 8.46. The minimum absolute atomic E-state index is 0.0752. The number of hydrogen-bond donors (Lipinski definition) is 0. The molecule has 0 amide bonds. The molecule has 2 rings (SSSR count). The zero-order valence-corrected chi connectivity index (χ0v) is 23.8. The minimum atomic E-state index is -0.696. The molecule has 2 aromatic carbocycles. The molecule has 0 unspecified atom stereocenters. The Bertz CT molecular complexity index is 975. The fourth-order valence-electron chi connectivity index (χ4n) is 3.96. The summed E-state index contributed by atoms with van der Waals surface area (Å²) in [5, 5.41) is 0. The van der Waals surface area contributed by atoms with E-state index in [1.165, 1.54) is 81.3 Å². The van der Waals surface area contributed by atoms with Gasteiger partial charge < -0.3 is 18.9 Å². The molecule has 0 radical (unpaired) electrons. The zero-order valence-electron chi connectivity index (χ0n) is 23.8. The van der Waals surface area contributed by atoms with Crippen molar-refractivity contribution in [3.63, 3.8) is 0 Å². The lowest BCUT2D eigenvalue weighted by atomic mass is 10.1. The van der Waals surface area contributed by atoms with E-state index in [1.54, 1.807) is 6.92 Å². The van der Waals surface area contributed by atoms with Crippen molar-refractivity contribution in [3.05, 3.63) is 53.8 Å². The summed E-state index contributed by atoms with van der Waals surface area (Å²) in [5.41, 5.74) is 0.0752. The first kappa shape index (κ1) is 32.3. The summed E-state index contributed by atoms with van der Waals surface area (Å²) in [6.07, 6.45) is 12.9. The lowest BCUT2D eigenvalue weighted by molar-refractivity contribution is -0.146. The van der Waals surface area contributed by atoms with Gasteiger partial charge in [0.2, 0.25) is 0 Å². The summed E-state index contributed by atoms with van der Waals surface area (Å²) < 4.78 is 36.2. The Morgan fingerprint density at radius 3 is 1.85 bits per heavy atom. The number of benzene rings is 2. The Kier molecular flexibility index (Phi) is 15.9. The van der Waals surface area contributed by atoms with Gasteiger partial charge in [-0.2, -0.15) is 0 Å². The van der Waals surface area contributed by atoms with Crippen LogP contribution < -0.4 is 14.2 Å². The van der Waals surface area contributed by atoms with Crippen molar-refractivity contribution in [1.82, 2.24) is 0 Å². The van der Waals surface area contributed by atoms with Crippen molar-refractivity contribution in [3.8, 4) is 17.2 Å². The Hall–Kier alpha value is -2.93. The molecule has 0 saturated heterocycles. The zero-order chi connectivity index (χ0) is 28.3. The van der Waals surface area contributed by atoms with Crippen LogP contribution >= 0.6 is 0 Å². The second kappa shape index (κ2) is 19.2. The summed E-state index contributed by atoms with van der Waals surface area (Å²) in [5.74, 6) is -1.11. The smallest absolute Gasteiger partial charge is 0.343 e. The van der Waals surface area contributed by atoms with E-state index >= 15 is 0 Å². The fourth-order valence-corrected chi connectivity index (χ4v) is 3.96. The molecule has 0 aliphatic heterocycles. The van der Waals surface area contributed by atoms with Crippen LogP contribution in [0.4, 0.5) is 4.39 Å². The Morgan fingerprint density at radius 1 is 0.718 bits per heavy atom. The van der Waals surface area contributed by atoms with Crippen LogP contribution in [0.2, 0.25) is 0 Å². The van der Waals surface area contributed by atoms with Crippen LogP contribution in [-0.4, -0.2) is 31.3 Å². The first-order chi connectivity index (χ1) is 18.9. The molecule has 2 aromatic rings. The molecule has 39 heavy (non-hydrogen) atoms. The standard InChI is InChI=1S/C32H45FO6/c1-4-6-8-10-12-14-22-36-25(3)31(34)38-27-17-19-28(20-18-27)39-32(35)26-16-21-30(29(33)24-26)37-23-15-13-11-9-7-5-2/h16-21,24-25H,4-15,22-23H2,1-3H3/t25-/m0/s1. The lowest BCUT2D eigenvalue weighted by Crippen LogP contribution is -2.26. The first-order valence-corrected chi connectivity index (χ1v) is 14.5. The van der Waals surface area contributed by atoms with Crippen molar-refractivity contribution in [2.75, 3.05) is 13.2 Å². The highest BCUT2D eigenvalue weighted by molar-refractivity contribution is 5.91. The van der Waals surface area contributed by atoms with Crippen molar-refractivity contribution in [2.24, 2.45) is 0 Å². The molecular formula is C32H45FO6. The third-order valence-corrected chi connectivity index (χ3v) is 6.37. The number of unbranched alkanes of at least 4 members (excludes halogenated alkanes) is 10. The highest BCUT2D eigenvalue weighted by Crippen LogP contribution is 2.22. The molecule has 0 spiro atoms. The third-order valence-electron chi connectivity index (χ3n) is 6.37. The average Bonchev–Trinajstić information content (AvgIpc) is 2.93. The van der Waals surface area contributed by atoms with E-state index < -0.39 is 23.9 Å². The molecule has 6 nitrogen and oxygen atoms in total. The van der Waals surface area contributed by atoms with Gasteiger partial charge in [0.15, 0.2) is 17.7 Å². The Labute approximate surface area is 233 Å². The van der Waals surface area contributed by atoms with Gasteiger partial charge in [0, 0.05) is 6.61 Å². The normalized spacial score (nSPS) is 11.7.